The van der Waals surface area contributed by atoms with E-state index in [4.69, 9.17) is 5.73 Å². The van der Waals surface area contributed by atoms with Crippen molar-refractivity contribution in [3.05, 3.63) is 0 Å². The third-order valence-electron chi connectivity index (χ3n) is 2.15. The van der Waals surface area contributed by atoms with Crippen LogP contribution in [0.25, 0.3) is 0 Å². The van der Waals surface area contributed by atoms with Gasteiger partial charge in [0.05, 0.1) is 18.4 Å². The predicted octanol–water partition coefficient (Wildman–Crippen LogP) is -2.05. The predicted molar refractivity (Wildman–Crippen MR) is 49.4 cm³/mol. The first-order chi connectivity index (χ1) is 5.79. The van der Waals surface area contributed by atoms with Crippen molar-refractivity contribution in [3.63, 3.8) is 0 Å². The zero-order valence-electron chi connectivity index (χ0n) is 7.72. The van der Waals surface area contributed by atoms with Gasteiger partial charge in [0, 0.05) is 6.67 Å². The molecule has 1 saturated heterocycles. The summed E-state index contributed by atoms with van der Waals surface area (Å²) >= 11 is 0. The molecule has 1 heterocycles. The molecule has 0 amide bonds. The van der Waals surface area contributed by atoms with Crippen LogP contribution in [0.4, 0.5) is 0 Å². The molecule has 1 aliphatic heterocycles. The van der Waals surface area contributed by atoms with Crippen LogP contribution in [0.1, 0.15) is 6.92 Å². The molecule has 12 heavy (non-hydrogen) atoms. The van der Waals surface area contributed by atoms with Crippen LogP contribution in [0.2, 0.25) is 0 Å². The lowest BCUT2D eigenvalue weighted by molar-refractivity contribution is 0.222. The molecule has 0 aliphatic carbocycles. The van der Waals surface area contributed by atoms with Gasteiger partial charge in [0.25, 0.3) is 0 Å². The number of hydrogen-bond donors (Lipinski definition) is 5. The molecule has 0 aromatic carbocycles. The third-order valence-corrected chi connectivity index (χ3v) is 2.15. The second-order valence-corrected chi connectivity index (χ2v) is 2.96. The second kappa shape index (κ2) is 4.74. The molecule has 6 N–H and O–H groups in total. The Morgan fingerprint density at radius 1 is 1.42 bits per heavy atom. The van der Waals surface area contributed by atoms with Crippen LogP contribution < -0.4 is 27.0 Å². The molecule has 0 bridgehead atoms. The smallest absolute Gasteiger partial charge is 0.0766 e. The van der Waals surface area contributed by atoms with Crippen molar-refractivity contribution in [1.82, 2.24) is 21.3 Å². The van der Waals surface area contributed by atoms with Crippen LogP contribution >= 0.6 is 0 Å². The molecule has 0 radical (unpaired) electrons. The molecule has 1 aliphatic rings. The minimum atomic E-state index is 0.0590. The van der Waals surface area contributed by atoms with E-state index >= 15 is 0 Å². The molecule has 5 heteroatoms. The van der Waals surface area contributed by atoms with Gasteiger partial charge >= 0.3 is 0 Å². The SMILES string of the molecule is CCNC1NCNC(NC)C1N. The largest absolute Gasteiger partial charge is 0.323 e. The van der Waals surface area contributed by atoms with Gasteiger partial charge in [0.2, 0.25) is 0 Å². The number of hydrogen-bond acceptors (Lipinski definition) is 5. The first kappa shape index (κ1) is 9.88. The van der Waals surface area contributed by atoms with Crippen LogP contribution in [0, 0.1) is 0 Å². The fraction of sp³-hybridized carbons (Fsp3) is 1.00. The lowest BCUT2D eigenvalue weighted by atomic mass is 10.1. The summed E-state index contributed by atoms with van der Waals surface area (Å²) in [4.78, 5) is 0. The van der Waals surface area contributed by atoms with Crippen LogP contribution in [0.15, 0.2) is 0 Å². The molecule has 3 unspecified atom stereocenters. The Hall–Kier alpha value is -0.200. The molecular weight excluding hydrogens is 154 g/mol. The minimum Gasteiger partial charge on any atom is -0.323 e. The number of rotatable bonds is 3. The molecule has 72 valence electrons. The second-order valence-electron chi connectivity index (χ2n) is 2.96. The van der Waals surface area contributed by atoms with Gasteiger partial charge in [-0.05, 0) is 13.6 Å². The van der Waals surface area contributed by atoms with Gasteiger partial charge in [-0.3, -0.25) is 10.6 Å². The highest BCUT2D eigenvalue weighted by atomic mass is 15.3. The topological polar surface area (TPSA) is 74.1 Å². The van der Waals surface area contributed by atoms with Crippen LogP contribution in [0.5, 0.6) is 0 Å². The van der Waals surface area contributed by atoms with Crippen LogP contribution in [-0.4, -0.2) is 38.6 Å². The van der Waals surface area contributed by atoms with Crippen molar-refractivity contribution in [2.45, 2.75) is 25.3 Å². The fourth-order valence-electron chi connectivity index (χ4n) is 1.47. The molecule has 0 aromatic rings. The van der Waals surface area contributed by atoms with E-state index in [1.165, 1.54) is 0 Å². The van der Waals surface area contributed by atoms with Crippen LogP contribution in [0.3, 0.4) is 0 Å². The first-order valence-corrected chi connectivity index (χ1v) is 4.42. The van der Waals surface area contributed by atoms with Gasteiger partial charge < -0.3 is 16.4 Å². The van der Waals surface area contributed by atoms with E-state index in [1.807, 2.05) is 7.05 Å². The first-order valence-electron chi connectivity index (χ1n) is 4.42. The quantitative estimate of drug-likeness (QED) is 0.339. The van der Waals surface area contributed by atoms with Crippen LogP contribution in [-0.2, 0) is 0 Å². The summed E-state index contributed by atoms with van der Waals surface area (Å²) < 4.78 is 0. The van der Waals surface area contributed by atoms with Crippen molar-refractivity contribution in [2.24, 2.45) is 5.73 Å². The molecule has 1 rings (SSSR count). The van der Waals surface area contributed by atoms with Gasteiger partial charge in [-0.15, -0.1) is 0 Å². The summed E-state index contributed by atoms with van der Waals surface area (Å²) in [5.41, 5.74) is 5.97. The Morgan fingerprint density at radius 3 is 2.67 bits per heavy atom. The fourth-order valence-corrected chi connectivity index (χ4v) is 1.47. The highest BCUT2D eigenvalue weighted by Gasteiger charge is 2.27. The van der Waals surface area contributed by atoms with E-state index in [-0.39, 0.29) is 18.4 Å². The van der Waals surface area contributed by atoms with Crippen molar-refractivity contribution in [2.75, 3.05) is 20.3 Å². The Bertz CT molecular complexity index is 127. The summed E-state index contributed by atoms with van der Waals surface area (Å²) in [7, 11) is 1.91. The summed E-state index contributed by atoms with van der Waals surface area (Å²) in [6.45, 7) is 3.80. The molecule has 3 atom stereocenters. The third kappa shape index (κ3) is 2.15. The highest BCUT2D eigenvalue weighted by molar-refractivity contribution is 4.89. The average Bonchev–Trinajstić information content (AvgIpc) is 2.09. The standard InChI is InChI=1S/C7H19N5/c1-3-10-7-5(8)6(9-2)11-4-12-7/h5-7,9-12H,3-4,8H2,1-2H3. The van der Waals surface area contributed by atoms with Gasteiger partial charge in [-0.2, -0.15) is 0 Å². The summed E-state index contributed by atoms with van der Waals surface area (Å²) in [5.74, 6) is 0. The van der Waals surface area contributed by atoms with Gasteiger partial charge in [-0.25, -0.2) is 0 Å². The molecule has 1 fully saturated rings. The minimum absolute atomic E-state index is 0.0590. The molecule has 0 aromatic heterocycles. The van der Waals surface area contributed by atoms with E-state index in [0.29, 0.717) is 0 Å². The summed E-state index contributed by atoms with van der Waals surface area (Å²) in [6, 6.07) is 0.0590. The molecule has 5 nitrogen and oxygen atoms in total. The molecular formula is C7H19N5. The van der Waals surface area contributed by atoms with Crippen molar-refractivity contribution < 1.29 is 0 Å². The van der Waals surface area contributed by atoms with E-state index in [9.17, 15) is 0 Å². The van der Waals surface area contributed by atoms with E-state index < -0.39 is 0 Å². The lowest BCUT2D eigenvalue weighted by Gasteiger charge is -2.37. The zero-order valence-corrected chi connectivity index (χ0v) is 7.72. The van der Waals surface area contributed by atoms with E-state index in [1.54, 1.807) is 0 Å². The van der Waals surface area contributed by atoms with E-state index in [2.05, 4.69) is 28.2 Å². The normalized spacial score (nSPS) is 36.8. The molecule has 0 spiro atoms. The van der Waals surface area contributed by atoms with E-state index in [0.717, 1.165) is 13.2 Å². The number of nitrogens with two attached hydrogens (primary N) is 1. The Morgan fingerprint density at radius 2 is 2.08 bits per heavy atom. The maximum atomic E-state index is 5.97. The highest BCUT2D eigenvalue weighted by Crippen LogP contribution is 1.95. The summed E-state index contributed by atoms with van der Waals surface area (Å²) in [5, 5.41) is 12.9. The van der Waals surface area contributed by atoms with Gasteiger partial charge in [0.1, 0.15) is 0 Å². The Balaban J connectivity index is 2.41. The van der Waals surface area contributed by atoms with Gasteiger partial charge in [0.15, 0.2) is 0 Å². The Kier molecular flexibility index (Phi) is 3.90. The average molecular weight is 173 g/mol. The molecule has 0 saturated carbocycles. The Labute approximate surface area is 73.5 Å². The van der Waals surface area contributed by atoms with Crippen molar-refractivity contribution in [3.8, 4) is 0 Å². The zero-order chi connectivity index (χ0) is 8.97. The summed E-state index contributed by atoms with van der Waals surface area (Å²) in [6.07, 6.45) is 0.393. The lowest BCUT2D eigenvalue weighted by Crippen LogP contribution is -2.71. The van der Waals surface area contributed by atoms with Crippen molar-refractivity contribution in [1.29, 1.82) is 0 Å². The van der Waals surface area contributed by atoms with Gasteiger partial charge in [-0.1, -0.05) is 6.92 Å². The number of likely N-dealkylation sites (N-methyl/N-ethyl adjacent to an activating group) is 2. The number of nitrogens with one attached hydrogen (secondary N) is 4. The maximum Gasteiger partial charge on any atom is 0.0766 e. The van der Waals surface area contributed by atoms with Crippen molar-refractivity contribution >= 4 is 0 Å². The maximum absolute atomic E-state index is 5.97. The monoisotopic (exact) mass is 173 g/mol.